The minimum absolute atomic E-state index is 0.0384. The minimum atomic E-state index is -0.0384. The van der Waals surface area contributed by atoms with Crippen LogP contribution in [0.5, 0.6) is 0 Å². The number of aryl methyl sites for hydroxylation is 3. The molecule has 35 heavy (non-hydrogen) atoms. The Labute approximate surface area is 208 Å². The number of pyridine rings is 1. The normalized spacial score (nSPS) is 22.7. The topological polar surface area (TPSA) is 68.8 Å². The molecule has 5 rings (SSSR count). The summed E-state index contributed by atoms with van der Waals surface area (Å²) in [7, 11) is 1.67. The Balaban J connectivity index is 1.27. The van der Waals surface area contributed by atoms with E-state index in [9.17, 15) is 9.59 Å². The van der Waals surface area contributed by atoms with Crippen molar-refractivity contribution in [1.82, 2.24) is 25.0 Å². The van der Waals surface area contributed by atoms with Gasteiger partial charge < -0.3 is 15.1 Å². The second-order valence-corrected chi connectivity index (χ2v) is 10.3. The van der Waals surface area contributed by atoms with Gasteiger partial charge in [-0.3, -0.25) is 14.7 Å². The highest BCUT2D eigenvalue weighted by molar-refractivity contribution is 5.77. The molecule has 2 aliphatic heterocycles. The first-order valence-corrected chi connectivity index (χ1v) is 13.0. The lowest BCUT2D eigenvalue weighted by Gasteiger charge is -2.40. The van der Waals surface area contributed by atoms with E-state index in [-0.39, 0.29) is 23.9 Å². The van der Waals surface area contributed by atoms with Crippen molar-refractivity contribution in [3.8, 4) is 0 Å². The summed E-state index contributed by atoms with van der Waals surface area (Å²) in [6.45, 7) is 6.78. The number of rotatable bonds is 3. The molecule has 3 amide bonds. The lowest BCUT2D eigenvalue weighted by atomic mass is 9.93. The molecule has 3 aliphatic rings. The summed E-state index contributed by atoms with van der Waals surface area (Å²) in [5.41, 5.74) is 6.59. The number of piperidine rings is 1. The van der Waals surface area contributed by atoms with Gasteiger partial charge in [-0.1, -0.05) is 29.8 Å². The quantitative estimate of drug-likeness (QED) is 0.741. The summed E-state index contributed by atoms with van der Waals surface area (Å²) in [6, 6.07) is 11.2. The average Bonchev–Trinajstić information content (AvgIpc) is 3.05. The van der Waals surface area contributed by atoms with Crippen LogP contribution in [0.1, 0.15) is 53.3 Å². The number of urea groups is 1. The summed E-state index contributed by atoms with van der Waals surface area (Å²) >= 11 is 0. The van der Waals surface area contributed by atoms with E-state index in [4.69, 9.17) is 4.98 Å². The molecule has 2 aromatic rings. The highest BCUT2D eigenvalue weighted by Gasteiger charge is 2.34. The van der Waals surface area contributed by atoms with Crippen LogP contribution in [0.4, 0.5) is 4.79 Å². The third-order valence-electron chi connectivity index (χ3n) is 7.96. The molecule has 0 bridgehead atoms. The van der Waals surface area contributed by atoms with Gasteiger partial charge >= 0.3 is 6.03 Å². The largest absolute Gasteiger partial charge is 0.341 e. The Hall–Kier alpha value is -2.93. The molecule has 7 nitrogen and oxygen atoms in total. The molecule has 186 valence electrons. The number of aromatic nitrogens is 1. The molecule has 2 atom stereocenters. The maximum atomic E-state index is 13.2. The molecule has 1 aromatic carbocycles. The van der Waals surface area contributed by atoms with E-state index >= 15 is 0 Å². The number of nitrogens with one attached hydrogen (secondary N) is 1. The molecule has 7 heteroatoms. The van der Waals surface area contributed by atoms with E-state index in [2.05, 4.69) is 41.4 Å². The maximum absolute atomic E-state index is 13.2. The predicted molar refractivity (Wildman–Crippen MR) is 136 cm³/mol. The zero-order valence-corrected chi connectivity index (χ0v) is 21.0. The molecule has 0 spiro atoms. The molecule has 0 radical (unpaired) electrons. The fraction of sp³-hybridized carbons (Fsp3) is 0.536. The van der Waals surface area contributed by atoms with E-state index < -0.39 is 0 Å². The third kappa shape index (κ3) is 5.06. The van der Waals surface area contributed by atoms with Gasteiger partial charge in [0.25, 0.3) is 0 Å². The van der Waals surface area contributed by atoms with Crippen LogP contribution in [0, 0.1) is 12.8 Å². The van der Waals surface area contributed by atoms with Gasteiger partial charge in [0.15, 0.2) is 0 Å². The number of carbonyl (C=O) groups excluding carboxylic acids is 2. The van der Waals surface area contributed by atoms with Gasteiger partial charge in [0.05, 0.1) is 11.7 Å². The first kappa shape index (κ1) is 23.8. The first-order valence-electron chi connectivity index (χ1n) is 13.0. The highest BCUT2D eigenvalue weighted by Crippen LogP contribution is 2.36. The number of hydrogen-bond donors (Lipinski definition) is 1. The van der Waals surface area contributed by atoms with Gasteiger partial charge in [-0.05, 0) is 61.3 Å². The van der Waals surface area contributed by atoms with Crippen molar-refractivity contribution in [3.05, 3.63) is 64.5 Å². The van der Waals surface area contributed by atoms with Crippen molar-refractivity contribution in [3.63, 3.8) is 0 Å². The zero-order chi connectivity index (χ0) is 24.4. The van der Waals surface area contributed by atoms with Crippen LogP contribution in [-0.4, -0.2) is 77.9 Å². The highest BCUT2D eigenvalue weighted by atomic mass is 16.2. The number of carbonyl (C=O) groups is 2. The fourth-order valence-corrected chi connectivity index (χ4v) is 6.09. The summed E-state index contributed by atoms with van der Waals surface area (Å²) < 4.78 is 0. The number of piperazine rings is 1. The standard InChI is InChI=1S/C28H37N5O2/c1-20-7-10-24-23(17-20)9-8-22-6-3-11-30-26(22)27(24)32-15-13-31(14-16-32)25(34)18-21-5-4-12-33(19-21)28(35)29-2/h3,6-7,10-11,17,21,27H,4-5,8-9,12-16,18-19H2,1-2H3,(H,29,35). The van der Waals surface area contributed by atoms with E-state index in [1.165, 1.54) is 27.9 Å². The molecule has 1 aliphatic carbocycles. The number of benzene rings is 1. The van der Waals surface area contributed by atoms with Crippen molar-refractivity contribution >= 4 is 11.9 Å². The van der Waals surface area contributed by atoms with Crippen molar-refractivity contribution in [1.29, 1.82) is 0 Å². The average molecular weight is 476 g/mol. The van der Waals surface area contributed by atoms with E-state index in [1.54, 1.807) is 7.05 Å². The van der Waals surface area contributed by atoms with Gasteiger partial charge in [0, 0.05) is 58.9 Å². The minimum Gasteiger partial charge on any atom is -0.341 e. The predicted octanol–water partition coefficient (Wildman–Crippen LogP) is 3.16. The molecule has 1 aromatic heterocycles. The van der Waals surface area contributed by atoms with Crippen molar-refractivity contribution < 1.29 is 9.59 Å². The smallest absolute Gasteiger partial charge is 0.317 e. The Morgan fingerprint density at radius 3 is 2.63 bits per heavy atom. The summed E-state index contributed by atoms with van der Waals surface area (Å²) in [5, 5.41) is 2.71. The van der Waals surface area contributed by atoms with Crippen LogP contribution in [0.2, 0.25) is 0 Å². The fourth-order valence-electron chi connectivity index (χ4n) is 6.09. The Morgan fingerprint density at radius 2 is 1.83 bits per heavy atom. The number of hydrogen-bond acceptors (Lipinski definition) is 4. The number of likely N-dealkylation sites (tertiary alicyclic amines) is 1. The number of amides is 3. The molecular formula is C28H37N5O2. The Morgan fingerprint density at radius 1 is 1.03 bits per heavy atom. The van der Waals surface area contributed by atoms with Gasteiger partial charge in [-0.15, -0.1) is 0 Å². The van der Waals surface area contributed by atoms with Crippen LogP contribution in [0.15, 0.2) is 36.5 Å². The van der Waals surface area contributed by atoms with Gasteiger partial charge in [-0.2, -0.15) is 0 Å². The van der Waals surface area contributed by atoms with E-state index in [0.29, 0.717) is 13.0 Å². The third-order valence-corrected chi connectivity index (χ3v) is 7.96. The molecule has 2 fully saturated rings. The summed E-state index contributed by atoms with van der Waals surface area (Å²) in [5.74, 6) is 0.475. The second kappa shape index (κ2) is 10.4. The van der Waals surface area contributed by atoms with Crippen LogP contribution >= 0.6 is 0 Å². The van der Waals surface area contributed by atoms with E-state index in [0.717, 1.165) is 58.4 Å². The zero-order valence-electron chi connectivity index (χ0n) is 21.0. The molecule has 1 N–H and O–H groups in total. The van der Waals surface area contributed by atoms with Gasteiger partial charge in [-0.25, -0.2) is 4.79 Å². The van der Waals surface area contributed by atoms with Crippen molar-refractivity contribution in [2.75, 3.05) is 46.3 Å². The molecule has 2 saturated heterocycles. The molecular weight excluding hydrogens is 438 g/mol. The van der Waals surface area contributed by atoms with Crippen LogP contribution in [-0.2, 0) is 17.6 Å². The molecule has 3 heterocycles. The monoisotopic (exact) mass is 475 g/mol. The number of fused-ring (bicyclic) bond motifs is 2. The Kier molecular flexibility index (Phi) is 7.04. The van der Waals surface area contributed by atoms with Crippen LogP contribution in [0.25, 0.3) is 0 Å². The Bertz CT molecular complexity index is 1080. The molecule has 2 unspecified atom stereocenters. The summed E-state index contributed by atoms with van der Waals surface area (Å²) in [4.78, 5) is 36.4. The first-order chi connectivity index (χ1) is 17.0. The number of nitrogens with zero attached hydrogens (tertiary/aromatic N) is 4. The van der Waals surface area contributed by atoms with Gasteiger partial charge in [0.1, 0.15) is 0 Å². The van der Waals surface area contributed by atoms with E-state index in [1.807, 2.05) is 22.1 Å². The van der Waals surface area contributed by atoms with Crippen molar-refractivity contribution in [2.45, 2.75) is 45.1 Å². The summed E-state index contributed by atoms with van der Waals surface area (Å²) in [6.07, 6.45) is 6.48. The van der Waals surface area contributed by atoms with Gasteiger partial charge in [0.2, 0.25) is 5.91 Å². The van der Waals surface area contributed by atoms with Crippen molar-refractivity contribution in [2.24, 2.45) is 5.92 Å². The van der Waals surface area contributed by atoms with Crippen LogP contribution < -0.4 is 5.32 Å². The maximum Gasteiger partial charge on any atom is 0.317 e. The SMILES string of the molecule is CNC(=O)N1CCCC(CC(=O)N2CCN(C3c4ccc(C)cc4CCc4cccnc43)CC2)C1. The lowest BCUT2D eigenvalue weighted by molar-refractivity contribution is -0.134. The molecule has 0 saturated carbocycles. The van der Waals surface area contributed by atoms with Crippen LogP contribution in [0.3, 0.4) is 0 Å². The second-order valence-electron chi connectivity index (χ2n) is 10.3. The lowest BCUT2D eigenvalue weighted by Crippen LogP contribution is -2.51.